The monoisotopic (exact) mass is 270 g/mol. The molecule has 0 saturated heterocycles. The van der Waals surface area contributed by atoms with Crippen LogP contribution in [-0.4, -0.2) is 35.0 Å². The molecule has 2 N–H and O–H groups in total. The maximum absolute atomic E-state index is 10.9. The van der Waals surface area contributed by atoms with Crippen molar-refractivity contribution in [1.82, 2.24) is 4.98 Å². The van der Waals surface area contributed by atoms with Gasteiger partial charge in [0.1, 0.15) is 5.82 Å². The molecule has 0 spiro atoms. The van der Waals surface area contributed by atoms with Crippen LogP contribution < -0.4 is 10.6 Å². The first-order valence-corrected chi connectivity index (χ1v) is 7.10. The summed E-state index contributed by atoms with van der Waals surface area (Å²) in [6, 6.07) is 3.24. The van der Waals surface area contributed by atoms with E-state index in [0.29, 0.717) is 11.6 Å². The Morgan fingerprint density at radius 2 is 2.28 bits per heavy atom. The molecular formula is C11H18N4O2S. The summed E-state index contributed by atoms with van der Waals surface area (Å²) in [6.45, 7) is 2.04. The second kappa shape index (κ2) is 7.05. The Balaban J connectivity index is 2.99. The summed E-state index contributed by atoms with van der Waals surface area (Å²) in [6.07, 6.45) is 2.90. The molecule has 0 fully saturated rings. The molecule has 0 bridgehead atoms. The molecule has 18 heavy (non-hydrogen) atoms. The normalized spacial score (nSPS) is 11.9. The van der Waals surface area contributed by atoms with Crippen LogP contribution in [0.1, 0.15) is 13.3 Å². The van der Waals surface area contributed by atoms with E-state index >= 15 is 0 Å². The molecule has 1 aromatic heterocycles. The number of pyridine rings is 1. The van der Waals surface area contributed by atoms with Crippen molar-refractivity contribution >= 4 is 29.1 Å². The van der Waals surface area contributed by atoms with Crippen molar-refractivity contribution in [2.24, 2.45) is 0 Å². The van der Waals surface area contributed by atoms with Gasteiger partial charge in [-0.25, -0.2) is 4.98 Å². The predicted molar refractivity (Wildman–Crippen MR) is 76.5 cm³/mol. The number of nitrogens with one attached hydrogen (secondary N) is 2. The van der Waals surface area contributed by atoms with E-state index < -0.39 is 4.92 Å². The Labute approximate surface area is 111 Å². The Morgan fingerprint density at radius 1 is 1.56 bits per heavy atom. The zero-order valence-corrected chi connectivity index (χ0v) is 11.6. The van der Waals surface area contributed by atoms with Gasteiger partial charge in [-0.05, 0) is 18.7 Å². The summed E-state index contributed by atoms with van der Waals surface area (Å²) in [7, 11) is 1.73. The largest absolute Gasteiger partial charge is 0.373 e. The lowest BCUT2D eigenvalue weighted by Crippen LogP contribution is -2.22. The summed E-state index contributed by atoms with van der Waals surface area (Å²) in [5.74, 6) is 1.83. The van der Waals surface area contributed by atoms with Crippen LogP contribution in [0.15, 0.2) is 12.1 Å². The first-order valence-electron chi connectivity index (χ1n) is 5.71. The Bertz CT molecular complexity index is 414. The molecule has 0 saturated carbocycles. The average Bonchev–Trinajstić information content (AvgIpc) is 2.37. The molecule has 1 heterocycles. The quantitative estimate of drug-likeness (QED) is 0.585. The lowest BCUT2D eigenvalue weighted by Gasteiger charge is -2.16. The molecule has 0 aliphatic heterocycles. The van der Waals surface area contributed by atoms with E-state index in [-0.39, 0.29) is 11.7 Å². The Morgan fingerprint density at radius 3 is 2.78 bits per heavy atom. The van der Waals surface area contributed by atoms with Crippen molar-refractivity contribution in [2.75, 3.05) is 29.7 Å². The molecule has 1 rings (SSSR count). The van der Waals surface area contributed by atoms with Gasteiger partial charge in [0.2, 0.25) is 5.82 Å². The van der Waals surface area contributed by atoms with E-state index in [1.165, 1.54) is 6.07 Å². The Hall–Kier alpha value is -1.50. The molecule has 1 aromatic rings. The number of thioether (sulfide) groups is 1. The van der Waals surface area contributed by atoms with Gasteiger partial charge in [0.05, 0.1) is 4.92 Å². The zero-order chi connectivity index (χ0) is 13.5. The molecule has 7 heteroatoms. The fraction of sp³-hybridized carbons (Fsp3) is 0.545. The van der Waals surface area contributed by atoms with Crippen LogP contribution in [0.5, 0.6) is 0 Å². The van der Waals surface area contributed by atoms with Gasteiger partial charge in [0, 0.05) is 24.9 Å². The molecule has 0 aromatic carbocycles. The number of nitro groups is 1. The first-order chi connectivity index (χ1) is 8.62. The molecule has 0 amide bonds. The number of hydrogen-bond acceptors (Lipinski definition) is 6. The SMILES string of the molecule is CCC(CSC)Nc1nc(NC)ccc1[N+](=O)[O-]. The van der Waals surface area contributed by atoms with E-state index in [1.54, 1.807) is 24.9 Å². The smallest absolute Gasteiger partial charge is 0.311 e. The van der Waals surface area contributed by atoms with E-state index in [9.17, 15) is 10.1 Å². The topological polar surface area (TPSA) is 80.1 Å². The van der Waals surface area contributed by atoms with Crippen LogP contribution in [0.3, 0.4) is 0 Å². The van der Waals surface area contributed by atoms with Gasteiger partial charge in [-0.2, -0.15) is 11.8 Å². The molecular weight excluding hydrogens is 252 g/mol. The second-order valence-corrected chi connectivity index (χ2v) is 4.69. The summed E-state index contributed by atoms with van der Waals surface area (Å²) >= 11 is 1.70. The van der Waals surface area contributed by atoms with Gasteiger partial charge in [-0.15, -0.1) is 0 Å². The highest BCUT2D eigenvalue weighted by molar-refractivity contribution is 7.98. The molecule has 100 valence electrons. The van der Waals surface area contributed by atoms with Crippen LogP contribution in [0.2, 0.25) is 0 Å². The highest BCUT2D eigenvalue weighted by atomic mass is 32.2. The molecule has 6 nitrogen and oxygen atoms in total. The molecule has 1 atom stereocenters. The lowest BCUT2D eigenvalue weighted by atomic mass is 10.2. The zero-order valence-electron chi connectivity index (χ0n) is 10.8. The van der Waals surface area contributed by atoms with Gasteiger partial charge in [0.25, 0.3) is 0 Å². The van der Waals surface area contributed by atoms with Gasteiger partial charge in [-0.1, -0.05) is 6.92 Å². The number of anilines is 2. The number of rotatable bonds is 7. The Kier molecular flexibility index (Phi) is 5.70. The third kappa shape index (κ3) is 3.76. The minimum Gasteiger partial charge on any atom is -0.373 e. The van der Waals surface area contributed by atoms with Crippen LogP contribution in [0, 0.1) is 10.1 Å². The second-order valence-electron chi connectivity index (χ2n) is 3.78. The fourth-order valence-corrected chi connectivity index (χ4v) is 2.22. The summed E-state index contributed by atoms with van der Waals surface area (Å²) in [5, 5.41) is 17.0. The molecule has 0 aliphatic rings. The fourth-order valence-electron chi connectivity index (χ4n) is 1.50. The minimum atomic E-state index is -0.416. The van der Waals surface area contributed by atoms with Gasteiger partial charge >= 0.3 is 5.69 Å². The van der Waals surface area contributed by atoms with E-state index in [4.69, 9.17) is 0 Å². The summed E-state index contributed by atoms with van der Waals surface area (Å²) in [5.41, 5.74) is 0.00792. The third-order valence-corrected chi connectivity index (χ3v) is 3.26. The van der Waals surface area contributed by atoms with Crippen LogP contribution in [-0.2, 0) is 0 Å². The highest BCUT2D eigenvalue weighted by Gasteiger charge is 2.18. The third-order valence-electron chi connectivity index (χ3n) is 2.53. The molecule has 1 unspecified atom stereocenters. The van der Waals surface area contributed by atoms with Crippen molar-refractivity contribution in [1.29, 1.82) is 0 Å². The van der Waals surface area contributed by atoms with Crippen molar-refractivity contribution in [3.05, 3.63) is 22.2 Å². The van der Waals surface area contributed by atoms with E-state index in [2.05, 4.69) is 15.6 Å². The van der Waals surface area contributed by atoms with E-state index in [0.717, 1.165) is 12.2 Å². The van der Waals surface area contributed by atoms with Crippen LogP contribution in [0.25, 0.3) is 0 Å². The summed E-state index contributed by atoms with van der Waals surface area (Å²) < 4.78 is 0. The number of nitrogens with zero attached hydrogens (tertiary/aromatic N) is 2. The van der Waals surface area contributed by atoms with Crippen LogP contribution >= 0.6 is 11.8 Å². The van der Waals surface area contributed by atoms with Gasteiger partial charge in [0.15, 0.2) is 0 Å². The molecule has 0 radical (unpaired) electrons. The maximum Gasteiger partial charge on any atom is 0.311 e. The molecule has 0 aliphatic carbocycles. The minimum absolute atomic E-state index is 0.00792. The maximum atomic E-state index is 10.9. The number of aromatic nitrogens is 1. The van der Waals surface area contributed by atoms with Gasteiger partial charge in [-0.3, -0.25) is 10.1 Å². The highest BCUT2D eigenvalue weighted by Crippen LogP contribution is 2.25. The van der Waals surface area contributed by atoms with Crippen molar-refractivity contribution in [3.8, 4) is 0 Å². The first kappa shape index (κ1) is 14.6. The van der Waals surface area contributed by atoms with Gasteiger partial charge < -0.3 is 10.6 Å². The van der Waals surface area contributed by atoms with Crippen LogP contribution in [0.4, 0.5) is 17.3 Å². The summed E-state index contributed by atoms with van der Waals surface area (Å²) in [4.78, 5) is 14.7. The van der Waals surface area contributed by atoms with Crippen molar-refractivity contribution in [3.63, 3.8) is 0 Å². The average molecular weight is 270 g/mol. The standard InChI is InChI=1S/C11H18N4O2S/c1-4-8(7-18-3)13-11-9(15(16)17)5-6-10(12-2)14-11/h5-6,8H,4,7H2,1-3H3,(H2,12,13,14). The van der Waals surface area contributed by atoms with Crippen molar-refractivity contribution < 1.29 is 4.92 Å². The predicted octanol–water partition coefficient (Wildman–Crippen LogP) is 2.59. The lowest BCUT2D eigenvalue weighted by molar-refractivity contribution is -0.384. The van der Waals surface area contributed by atoms with E-state index in [1.807, 2.05) is 13.2 Å². The van der Waals surface area contributed by atoms with Crippen molar-refractivity contribution in [2.45, 2.75) is 19.4 Å². The number of hydrogen-bond donors (Lipinski definition) is 2.